The molecule has 0 bridgehead atoms. The summed E-state index contributed by atoms with van der Waals surface area (Å²) >= 11 is 0. The third-order valence-electron chi connectivity index (χ3n) is 3.70. The Hall–Kier alpha value is -0.830. The summed E-state index contributed by atoms with van der Waals surface area (Å²) in [5, 5.41) is 10.5. The Morgan fingerprint density at radius 3 is 3.13 bits per heavy atom. The van der Waals surface area contributed by atoms with Crippen molar-refractivity contribution in [2.45, 2.75) is 44.1 Å². The van der Waals surface area contributed by atoms with E-state index >= 15 is 0 Å². The van der Waals surface area contributed by atoms with Gasteiger partial charge in [-0.3, -0.25) is 0 Å². The molecule has 2 unspecified atom stereocenters. The zero-order valence-electron chi connectivity index (χ0n) is 9.16. The highest BCUT2D eigenvalue weighted by Gasteiger charge is 2.47. The van der Waals surface area contributed by atoms with Gasteiger partial charge in [-0.1, -0.05) is 11.6 Å². The Bertz CT molecular complexity index is 295. The fourth-order valence-electron chi connectivity index (χ4n) is 2.90. The minimum atomic E-state index is -1.26. The van der Waals surface area contributed by atoms with Crippen molar-refractivity contribution >= 4 is 5.97 Å². The molecule has 1 N–H and O–H groups in total. The molecule has 0 heterocycles. The summed E-state index contributed by atoms with van der Waals surface area (Å²) in [6, 6.07) is 0. The smallest absolute Gasteiger partial charge is 0.338 e. The first-order valence-electron chi connectivity index (χ1n) is 5.68. The fourth-order valence-corrected chi connectivity index (χ4v) is 2.90. The molecule has 0 spiro atoms. The zero-order chi connectivity index (χ0) is 10.9. The maximum atomic E-state index is 11.7. The number of hydrogen-bond acceptors (Lipinski definition) is 3. The second-order valence-corrected chi connectivity index (χ2v) is 4.53. The van der Waals surface area contributed by atoms with E-state index in [-0.39, 0.29) is 5.92 Å². The molecule has 3 nitrogen and oxygen atoms in total. The van der Waals surface area contributed by atoms with Crippen LogP contribution in [0.25, 0.3) is 0 Å². The van der Waals surface area contributed by atoms with Crippen LogP contribution < -0.4 is 0 Å². The molecule has 15 heavy (non-hydrogen) atoms. The number of aliphatic hydroxyl groups is 1. The number of ether oxygens (including phenoxy) is 1. The highest BCUT2D eigenvalue weighted by Crippen LogP contribution is 2.43. The SMILES string of the molecule is COC(=O)C1(O)CCCCC2=CCCC21. The Morgan fingerprint density at radius 2 is 2.40 bits per heavy atom. The lowest BCUT2D eigenvalue weighted by Crippen LogP contribution is -2.46. The molecular weight excluding hydrogens is 192 g/mol. The molecule has 2 atom stereocenters. The molecule has 1 saturated carbocycles. The number of fused-ring (bicyclic) bond motifs is 1. The van der Waals surface area contributed by atoms with Crippen LogP contribution in [-0.4, -0.2) is 23.8 Å². The van der Waals surface area contributed by atoms with E-state index in [0.717, 1.165) is 32.1 Å². The average molecular weight is 210 g/mol. The van der Waals surface area contributed by atoms with Crippen LogP contribution in [0.4, 0.5) is 0 Å². The molecule has 1 fully saturated rings. The maximum Gasteiger partial charge on any atom is 0.338 e. The van der Waals surface area contributed by atoms with E-state index in [1.54, 1.807) is 0 Å². The zero-order valence-corrected chi connectivity index (χ0v) is 9.16. The first-order chi connectivity index (χ1) is 7.18. The highest BCUT2D eigenvalue weighted by molar-refractivity contribution is 5.80. The third kappa shape index (κ3) is 1.69. The first kappa shape index (κ1) is 10.7. The van der Waals surface area contributed by atoms with Crippen LogP contribution in [0.2, 0.25) is 0 Å². The van der Waals surface area contributed by atoms with Crippen molar-refractivity contribution < 1.29 is 14.6 Å². The first-order valence-corrected chi connectivity index (χ1v) is 5.68. The summed E-state index contributed by atoms with van der Waals surface area (Å²) in [6.45, 7) is 0. The normalized spacial score (nSPS) is 35.3. The molecule has 2 aliphatic carbocycles. The molecule has 84 valence electrons. The van der Waals surface area contributed by atoms with Crippen LogP contribution in [0.15, 0.2) is 11.6 Å². The van der Waals surface area contributed by atoms with Gasteiger partial charge in [-0.2, -0.15) is 0 Å². The van der Waals surface area contributed by atoms with Gasteiger partial charge >= 0.3 is 5.97 Å². The predicted octanol–water partition coefficient (Wildman–Crippen LogP) is 1.80. The molecule has 0 aromatic carbocycles. The second-order valence-electron chi connectivity index (χ2n) is 4.53. The number of allylic oxidation sites excluding steroid dienone is 1. The lowest BCUT2D eigenvalue weighted by Gasteiger charge is -2.31. The number of esters is 1. The molecule has 0 aromatic heterocycles. The van der Waals surface area contributed by atoms with Crippen molar-refractivity contribution in [2.24, 2.45) is 5.92 Å². The van der Waals surface area contributed by atoms with Crippen LogP contribution in [0, 0.1) is 5.92 Å². The molecule has 0 amide bonds. The molecule has 3 heteroatoms. The van der Waals surface area contributed by atoms with Gasteiger partial charge < -0.3 is 9.84 Å². The van der Waals surface area contributed by atoms with E-state index in [0.29, 0.717) is 6.42 Å². The molecule has 0 saturated heterocycles. The van der Waals surface area contributed by atoms with Crippen LogP contribution in [-0.2, 0) is 9.53 Å². The van der Waals surface area contributed by atoms with E-state index in [1.165, 1.54) is 12.7 Å². The molecule has 0 radical (unpaired) electrons. The number of hydrogen-bond donors (Lipinski definition) is 1. The van der Waals surface area contributed by atoms with E-state index < -0.39 is 11.6 Å². The van der Waals surface area contributed by atoms with Gasteiger partial charge in [0.2, 0.25) is 0 Å². The van der Waals surface area contributed by atoms with Gasteiger partial charge in [0.1, 0.15) is 0 Å². The number of methoxy groups -OCH3 is 1. The Labute approximate surface area is 90.1 Å². The summed E-state index contributed by atoms with van der Waals surface area (Å²) < 4.78 is 4.74. The molecule has 0 aliphatic heterocycles. The Morgan fingerprint density at radius 1 is 1.60 bits per heavy atom. The highest BCUT2D eigenvalue weighted by atomic mass is 16.5. The van der Waals surface area contributed by atoms with Gasteiger partial charge in [-0.25, -0.2) is 4.79 Å². The van der Waals surface area contributed by atoms with E-state index in [1.807, 2.05) is 0 Å². The second kappa shape index (κ2) is 3.97. The number of carbonyl (C=O) groups excluding carboxylic acids is 1. The fraction of sp³-hybridized carbons (Fsp3) is 0.750. The third-order valence-corrected chi connectivity index (χ3v) is 3.70. The van der Waals surface area contributed by atoms with Crippen LogP contribution >= 0.6 is 0 Å². The summed E-state index contributed by atoms with van der Waals surface area (Å²) in [5.41, 5.74) is 0.00789. The van der Waals surface area contributed by atoms with Crippen molar-refractivity contribution in [1.82, 2.24) is 0 Å². The van der Waals surface area contributed by atoms with E-state index in [9.17, 15) is 9.90 Å². The molecule has 0 aromatic rings. The Balaban J connectivity index is 2.28. The van der Waals surface area contributed by atoms with Crippen molar-refractivity contribution in [3.05, 3.63) is 11.6 Å². The van der Waals surface area contributed by atoms with Crippen molar-refractivity contribution in [3.8, 4) is 0 Å². The quantitative estimate of drug-likeness (QED) is 0.530. The lowest BCUT2D eigenvalue weighted by molar-refractivity contribution is -0.167. The maximum absolute atomic E-state index is 11.7. The average Bonchev–Trinajstić information content (AvgIpc) is 2.66. The summed E-state index contributed by atoms with van der Waals surface area (Å²) in [5.74, 6) is -0.449. The number of rotatable bonds is 1. The minimum absolute atomic E-state index is 0.00690. The van der Waals surface area contributed by atoms with Gasteiger partial charge in [0.25, 0.3) is 0 Å². The van der Waals surface area contributed by atoms with Crippen molar-refractivity contribution in [2.75, 3.05) is 7.11 Å². The lowest BCUT2D eigenvalue weighted by atomic mass is 9.81. The van der Waals surface area contributed by atoms with Gasteiger partial charge in [0, 0.05) is 5.92 Å². The molecule has 2 rings (SSSR count). The predicted molar refractivity (Wildman–Crippen MR) is 56.2 cm³/mol. The Kier molecular flexibility index (Phi) is 2.83. The van der Waals surface area contributed by atoms with Gasteiger partial charge in [0.15, 0.2) is 5.60 Å². The summed E-state index contributed by atoms with van der Waals surface area (Å²) in [7, 11) is 1.35. The van der Waals surface area contributed by atoms with Crippen LogP contribution in [0.3, 0.4) is 0 Å². The van der Waals surface area contributed by atoms with Crippen LogP contribution in [0.5, 0.6) is 0 Å². The van der Waals surface area contributed by atoms with Gasteiger partial charge in [-0.05, 0) is 38.5 Å². The van der Waals surface area contributed by atoms with E-state index in [4.69, 9.17) is 4.74 Å². The monoisotopic (exact) mass is 210 g/mol. The molecular formula is C12H18O3. The topological polar surface area (TPSA) is 46.5 Å². The molecule has 2 aliphatic rings. The number of carbonyl (C=O) groups is 1. The van der Waals surface area contributed by atoms with Gasteiger partial charge in [0.05, 0.1) is 7.11 Å². The van der Waals surface area contributed by atoms with Gasteiger partial charge in [-0.15, -0.1) is 0 Å². The largest absolute Gasteiger partial charge is 0.467 e. The summed E-state index contributed by atoms with van der Waals surface area (Å²) in [4.78, 5) is 11.7. The standard InChI is InChI=1S/C12H18O3/c1-15-11(13)12(14)8-3-2-5-9-6-4-7-10(9)12/h6,10,14H,2-5,7-8H2,1H3. The van der Waals surface area contributed by atoms with E-state index in [2.05, 4.69) is 6.08 Å². The van der Waals surface area contributed by atoms with Crippen molar-refractivity contribution in [1.29, 1.82) is 0 Å². The van der Waals surface area contributed by atoms with Crippen LogP contribution in [0.1, 0.15) is 38.5 Å². The van der Waals surface area contributed by atoms with Crippen molar-refractivity contribution in [3.63, 3.8) is 0 Å². The minimum Gasteiger partial charge on any atom is -0.467 e. The summed E-state index contributed by atoms with van der Waals surface area (Å²) in [6.07, 6.45) is 7.61.